The summed E-state index contributed by atoms with van der Waals surface area (Å²) in [6, 6.07) is 9.27. The summed E-state index contributed by atoms with van der Waals surface area (Å²) >= 11 is 0. The summed E-state index contributed by atoms with van der Waals surface area (Å²) in [5.41, 5.74) is 2.05. The van der Waals surface area contributed by atoms with E-state index in [-0.39, 0.29) is 6.10 Å². The third kappa shape index (κ3) is 3.47. The number of nitrogens with one attached hydrogen (secondary N) is 1. The lowest BCUT2D eigenvalue weighted by molar-refractivity contribution is -0.128. The number of ether oxygens (including phenoxy) is 1. The molecule has 1 aliphatic rings. The van der Waals surface area contributed by atoms with Crippen LogP contribution >= 0.6 is 0 Å². The maximum absolute atomic E-state index is 12.9. The summed E-state index contributed by atoms with van der Waals surface area (Å²) in [6.45, 7) is 4.61. The van der Waals surface area contributed by atoms with Crippen molar-refractivity contribution in [3.05, 3.63) is 53.6 Å². The number of likely N-dealkylation sites (tertiary alicyclic amines) is 1. The van der Waals surface area contributed by atoms with Crippen LogP contribution in [0.3, 0.4) is 0 Å². The molecular formula is C21H22N4O3. The molecule has 1 N–H and O–H groups in total. The Balaban J connectivity index is 1.42. The van der Waals surface area contributed by atoms with Crippen molar-refractivity contribution in [2.45, 2.75) is 32.8 Å². The molecule has 4 rings (SSSR count). The first-order chi connectivity index (χ1) is 13.5. The third-order valence-electron chi connectivity index (χ3n) is 5.08. The van der Waals surface area contributed by atoms with Crippen molar-refractivity contribution in [1.82, 2.24) is 19.9 Å². The van der Waals surface area contributed by atoms with Gasteiger partial charge in [0.1, 0.15) is 11.9 Å². The lowest BCUT2D eigenvalue weighted by Gasteiger charge is -2.31. The van der Waals surface area contributed by atoms with Crippen molar-refractivity contribution >= 4 is 22.6 Å². The number of benzene rings is 1. The number of hydrogen-bond donors (Lipinski definition) is 1. The standard InChI is InChI=1S/C21H22N4O3/c1-13-19(16-5-3-4-6-17(16)23-13)20(26)21(27)25-11-8-15(9-12-25)28-18-7-10-22-14(2)24-18/h3-7,10,15,23H,8-9,11-12H2,1-2H3. The number of fused-ring (bicyclic) bond motifs is 1. The van der Waals surface area contributed by atoms with Gasteiger partial charge in [0, 0.05) is 54.8 Å². The second-order valence-electron chi connectivity index (χ2n) is 7.05. The number of hydrogen-bond acceptors (Lipinski definition) is 5. The molecule has 3 aromatic rings. The highest BCUT2D eigenvalue weighted by atomic mass is 16.5. The monoisotopic (exact) mass is 378 g/mol. The van der Waals surface area contributed by atoms with Gasteiger partial charge in [-0.05, 0) is 19.9 Å². The van der Waals surface area contributed by atoms with Gasteiger partial charge in [-0.1, -0.05) is 18.2 Å². The first-order valence-corrected chi connectivity index (χ1v) is 9.40. The van der Waals surface area contributed by atoms with Gasteiger partial charge < -0.3 is 14.6 Å². The number of carbonyl (C=O) groups excluding carboxylic acids is 2. The van der Waals surface area contributed by atoms with Crippen LogP contribution in [0.5, 0.6) is 5.88 Å². The Morgan fingerprint density at radius 1 is 1.14 bits per heavy atom. The minimum atomic E-state index is -0.458. The molecular weight excluding hydrogens is 356 g/mol. The van der Waals surface area contributed by atoms with E-state index in [9.17, 15) is 9.59 Å². The van der Waals surface area contributed by atoms with E-state index >= 15 is 0 Å². The van der Waals surface area contributed by atoms with E-state index in [4.69, 9.17) is 4.74 Å². The van der Waals surface area contributed by atoms with Gasteiger partial charge in [0.05, 0.1) is 5.56 Å². The van der Waals surface area contributed by atoms with Crippen LogP contribution in [-0.2, 0) is 4.79 Å². The molecule has 144 valence electrons. The second kappa shape index (κ2) is 7.42. The minimum absolute atomic E-state index is 0.0247. The molecule has 0 atom stereocenters. The van der Waals surface area contributed by atoms with E-state index in [1.807, 2.05) is 38.1 Å². The number of aromatic amines is 1. The number of carbonyl (C=O) groups is 2. The van der Waals surface area contributed by atoms with E-state index in [1.165, 1.54) is 0 Å². The highest BCUT2D eigenvalue weighted by Gasteiger charge is 2.30. The molecule has 0 aliphatic carbocycles. The predicted molar refractivity (Wildman–Crippen MR) is 104 cm³/mol. The lowest BCUT2D eigenvalue weighted by Crippen LogP contribution is -2.44. The molecule has 0 spiro atoms. The summed E-state index contributed by atoms with van der Waals surface area (Å²) < 4.78 is 5.89. The fourth-order valence-corrected chi connectivity index (χ4v) is 3.67. The summed E-state index contributed by atoms with van der Waals surface area (Å²) in [4.78, 5) is 38.8. The molecule has 1 aliphatic heterocycles. The number of amides is 1. The van der Waals surface area contributed by atoms with Crippen LogP contribution in [0.4, 0.5) is 0 Å². The number of aryl methyl sites for hydroxylation is 2. The number of para-hydroxylation sites is 1. The van der Waals surface area contributed by atoms with Crippen LogP contribution in [0.2, 0.25) is 0 Å². The summed E-state index contributed by atoms with van der Waals surface area (Å²) in [5, 5.41) is 0.788. The zero-order valence-corrected chi connectivity index (χ0v) is 15.9. The Morgan fingerprint density at radius 2 is 1.89 bits per heavy atom. The molecule has 0 bridgehead atoms. The number of piperidine rings is 1. The number of rotatable bonds is 4. The van der Waals surface area contributed by atoms with E-state index in [0.717, 1.165) is 16.6 Å². The fraction of sp³-hybridized carbons (Fsp3) is 0.333. The van der Waals surface area contributed by atoms with Crippen LogP contribution < -0.4 is 4.74 Å². The molecule has 0 saturated carbocycles. The Kier molecular flexibility index (Phi) is 4.81. The van der Waals surface area contributed by atoms with Crippen molar-refractivity contribution in [3.63, 3.8) is 0 Å². The van der Waals surface area contributed by atoms with Crippen molar-refractivity contribution in [3.8, 4) is 5.88 Å². The van der Waals surface area contributed by atoms with Gasteiger partial charge in [-0.3, -0.25) is 9.59 Å². The minimum Gasteiger partial charge on any atom is -0.474 e. The Labute approximate surface area is 162 Å². The van der Waals surface area contributed by atoms with Gasteiger partial charge in [-0.25, -0.2) is 4.98 Å². The normalized spacial score (nSPS) is 15.0. The number of Topliss-reactive ketones (excluding diaryl/α,β-unsaturated/α-hetero) is 1. The Hall–Kier alpha value is -3.22. The van der Waals surface area contributed by atoms with Crippen molar-refractivity contribution in [2.75, 3.05) is 13.1 Å². The molecule has 1 amide bonds. The quantitative estimate of drug-likeness (QED) is 0.557. The zero-order valence-electron chi connectivity index (χ0n) is 15.9. The fourth-order valence-electron chi connectivity index (χ4n) is 3.67. The second-order valence-corrected chi connectivity index (χ2v) is 7.05. The molecule has 0 unspecified atom stereocenters. The number of H-pyrrole nitrogens is 1. The van der Waals surface area contributed by atoms with Gasteiger partial charge in [0.15, 0.2) is 0 Å². The zero-order chi connectivity index (χ0) is 19.7. The molecule has 7 heteroatoms. The third-order valence-corrected chi connectivity index (χ3v) is 5.08. The van der Waals surface area contributed by atoms with Crippen molar-refractivity contribution in [2.24, 2.45) is 0 Å². The largest absolute Gasteiger partial charge is 0.474 e. The maximum Gasteiger partial charge on any atom is 0.295 e. The molecule has 0 radical (unpaired) electrons. The number of aromatic nitrogens is 3. The first-order valence-electron chi connectivity index (χ1n) is 9.40. The molecule has 28 heavy (non-hydrogen) atoms. The summed E-state index contributed by atoms with van der Waals surface area (Å²) in [5.74, 6) is 0.289. The van der Waals surface area contributed by atoms with Gasteiger partial charge in [-0.15, -0.1) is 0 Å². The smallest absolute Gasteiger partial charge is 0.295 e. The maximum atomic E-state index is 12.9. The number of ketones is 1. The average molecular weight is 378 g/mol. The van der Waals surface area contributed by atoms with Gasteiger partial charge in [-0.2, -0.15) is 4.98 Å². The SMILES string of the molecule is Cc1nccc(OC2CCN(C(=O)C(=O)c3c(C)[nH]c4ccccc34)CC2)n1. The highest BCUT2D eigenvalue weighted by Crippen LogP contribution is 2.24. The summed E-state index contributed by atoms with van der Waals surface area (Å²) in [7, 11) is 0. The predicted octanol–water partition coefficient (Wildman–Crippen LogP) is 2.83. The summed E-state index contributed by atoms with van der Waals surface area (Å²) in [6.07, 6.45) is 2.96. The first kappa shape index (κ1) is 18.2. The molecule has 2 aromatic heterocycles. The van der Waals surface area contributed by atoms with E-state index in [0.29, 0.717) is 43.2 Å². The molecule has 1 fully saturated rings. The average Bonchev–Trinajstić information content (AvgIpc) is 3.03. The molecule has 1 aromatic carbocycles. The van der Waals surface area contributed by atoms with Crippen LogP contribution in [0.15, 0.2) is 36.5 Å². The van der Waals surface area contributed by atoms with E-state index in [1.54, 1.807) is 17.2 Å². The molecule has 7 nitrogen and oxygen atoms in total. The Morgan fingerprint density at radius 3 is 2.64 bits per heavy atom. The van der Waals surface area contributed by atoms with Crippen LogP contribution in [0.25, 0.3) is 10.9 Å². The number of nitrogens with zero attached hydrogens (tertiary/aromatic N) is 3. The van der Waals surface area contributed by atoms with Gasteiger partial charge in [0.2, 0.25) is 5.88 Å². The molecule has 3 heterocycles. The van der Waals surface area contributed by atoms with E-state index in [2.05, 4.69) is 15.0 Å². The van der Waals surface area contributed by atoms with Crippen LogP contribution in [0, 0.1) is 13.8 Å². The van der Waals surface area contributed by atoms with E-state index < -0.39 is 11.7 Å². The van der Waals surface area contributed by atoms with Crippen LogP contribution in [0.1, 0.15) is 34.7 Å². The molecule has 1 saturated heterocycles. The lowest BCUT2D eigenvalue weighted by atomic mass is 10.0. The van der Waals surface area contributed by atoms with Crippen molar-refractivity contribution < 1.29 is 14.3 Å². The van der Waals surface area contributed by atoms with Crippen LogP contribution in [-0.4, -0.2) is 50.7 Å². The van der Waals surface area contributed by atoms with Gasteiger partial charge >= 0.3 is 0 Å². The van der Waals surface area contributed by atoms with Crippen molar-refractivity contribution in [1.29, 1.82) is 0 Å². The Bertz CT molecular complexity index is 1040. The highest BCUT2D eigenvalue weighted by molar-refractivity contribution is 6.45. The van der Waals surface area contributed by atoms with Gasteiger partial charge in [0.25, 0.3) is 11.7 Å². The topological polar surface area (TPSA) is 88.2 Å².